The molecule has 1 aromatic carbocycles. The van der Waals surface area contributed by atoms with E-state index in [1.54, 1.807) is 11.3 Å². The zero-order chi connectivity index (χ0) is 14.5. The Hall–Kier alpha value is -1.19. The predicted octanol–water partition coefficient (Wildman–Crippen LogP) is 4.68. The minimum atomic E-state index is 0.580. The maximum Gasteiger partial charge on any atom is 0.123 e. The van der Waals surface area contributed by atoms with Gasteiger partial charge in [-0.25, -0.2) is 4.98 Å². The van der Waals surface area contributed by atoms with Gasteiger partial charge >= 0.3 is 0 Å². The highest BCUT2D eigenvalue weighted by Crippen LogP contribution is 2.26. The van der Waals surface area contributed by atoms with Crippen LogP contribution in [0.4, 0.5) is 0 Å². The zero-order valence-corrected chi connectivity index (χ0v) is 13.6. The summed E-state index contributed by atoms with van der Waals surface area (Å²) in [6, 6.07) is 8.77. The maximum absolute atomic E-state index is 4.54. The van der Waals surface area contributed by atoms with E-state index in [1.807, 2.05) is 6.20 Å². The fourth-order valence-corrected chi connectivity index (χ4v) is 2.90. The van der Waals surface area contributed by atoms with Gasteiger partial charge in [0.15, 0.2) is 0 Å². The molecule has 0 aliphatic heterocycles. The van der Waals surface area contributed by atoms with Gasteiger partial charge in [0, 0.05) is 23.2 Å². The van der Waals surface area contributed by atoms with Crippen LogP contribution in [0.5, 0.6) is 0 Å². The molecule has 2 nitrogen and oxygen atoms in total. The van der Waals surface area contributed by atoms with Crippen molar-refractivity contribution in [1.82, 2.24) is 10.3 Å². The molecular weight excluding hydrogens is 264 g/mol. The predicted molar refractivity (Wildman–Crippen MR) is 88.2 cm³/mol. The number of hydrogen-bond donors (Lipinski definition) is 1. The highest BCUT2D eigenvalue weighted by molar-refractivity contribution is 7.15. The molecule has 1 N–H and O–H groups in total. The molecule has 0 unspecified atom stereocenters. The van der Waals surface area contributed by atoms with Crippen molar-refractivity contribution in [3.8, 4) is 10.6 Å². The molecule has 108 valence electrons. The van der Waals surface area contributed by atoms with Gasteiger partial charge in [-0.15, -0.1) is 11.3 Å². The Balaban J connectivity index is 2.01. The minimum Gasteiger partial charge on any atom is -0.312 e. The lowest BCUT2D eigenvalue weighted by molar-refractivity contribution is 0.554. The Bertz CT molecular complexity index is 526. The van der Waals surface area contributed by atoms with Crippen molar-refractivity contribution in [2.24, 2.45) is 5.92 Å². The molecule has 3 heteroatoms. The van der Waals surface area contributed by atoms with E-state index in [0.29, 0.717) is 11.8 Å². The average molecular weight is 288 g/mol. The van der Waals surface area contributed by atoms with Crippen LogP contribution in [0.25, 0.3) is 10.6 Å². The van der Waals surface area contributed by atoms with E-state index in [2.05, 4.69) is 62.3 Å². The lowest BCUT2D eigenvalue weighted by Gasteiger charge is -2.05. The maximum atomic E-state index is 4.54. The Morgan fingerprint density at radius 2 is 1.80 bits per heavy atom. The van der Waals surface area contributed by atoms with Gasteiger partial charge in [0.1, 0.15) is 5.01 Å². The molecule has 1 aromatic heterocycles. The highest BCUT2D eigenvalue weighted by Gasteiger charge is 2.06. The van der Waals surface area contributed by atoms with Gasteiger partial charge in [-0.1, -0.05) is 52.0 Å². The first-order chi connectivity index (χ1) is 9.56. The minimum absolute atomic E-state index is 0.580. The monoisotopic (exact) mass is 288 g/mol. The number of nitrogens with one attached hydrogen (secondary N) is 1. The highest BCUT2D eigenvalue weighted by atomic mass is 32.1. The molecule has 0 aliphatic rings. The van der Waals surface area contributed by atoms with Crippen LogP contribution in [0, 0.1) is 5.92 Å². The van der Waals surface area contributed by atoms with E-state index in [9.17, 15) is 0 Å². The number of thiazole rings is 1. The molecular formula is C17H24N2S. The van der Waals surface area contributed by atoms with E-state index in [1.165, 1.54) is 16.0 Å². The van der Waals surface area contributed by atoms with E-state index in [-0.39, 0.29) is 0 Å². The van der Waals surface area contributed by atoms with Gasteiger partial charge in [-0.2, -0.15) is 0 Å². The summed E-state index contributed by atoms with van der Waals surface area (Å²) in [5.74, 6) is 1.27. The van der Waals surface area contributed by atoms with E-state index < -0.39 is 0 Å². The Labute approximate surface area is 126 Å². The van der Waals surface area contributed by atoms with Crippen molar-refractivity contribution < 1.29 is 0 Å². The molecule has 20 heavy (non-hydrogen) atoms. The quantitative estimate of drug-likeness (QED) is 0.835. The molecule has 0 aliphatic carbocycles. The third-order valence-corrected chi connectivity index (χ3v) is 4.28. The smallest absolute Gasteiger partial charge is 0.123 e. The molecule has 2 rings (SSSR count). The van der Waals surface area contributed by atoms with Gasteiger partial charge in [-0.3, -0.25) is 0 Å². The lowest BCUT2D eigenvalue weighted by atomic mass is 10.0. The van der Waals surface area contributed by atoms with Crippen molar-refractivity contribution in [1.29, 1.82) is 0 Å². The van der Waals surface area contributed by atoms with Crippen LogP contribution in [0.3, 0.4) is 0 Å². The van der Waals surface area contributed by atoms with Crippen LogP contribution < -0.4 is 5.32 Å². The molecule has 0 saturated carbocycles. The Morgan fingerprint density at radius 1 is 1.10 bits per heavy atom. The topological polar surface area (TPSA) is 24.9 Å². The summed E-state index contributed by atoms with van der Waals surface area (Å²) in [6.07, 6.45) is 1.99. The molecule has 0 saturated heterocycles. The van der Waals surface area contributed by atoms with Crippen LogP contribution in [-0.2, 0) is 6.54 Å². The van der Waals surface area contributed by atoms with Crippen LogP contribution in [-0.4, -0.2) is 11.5 Å². The second kappa shape index (κ2) is 7.00. The zero-order valence-electron chi connectivity index (χ0n) is 12.8. The van der Waals surface area contributed by atoms with E-state index >= 15 is 0 Å². The molecule has 0 amide bonds. The third-order valence-electron chi connectivity index (χ3n) is 3.23. The SMILES string of the molecule is CC(C)CNCc1cnc(-c2ccc(C(C)C)cc2)s1. The molecule has 0 radical (unpaired) electrons. The van der Waals surface area contributed by atoms with Crippen molar-refractivity contribution >= 4 is 11.3 Å². The second-order valence-corrected chi connectivity index (χ2v) is 7.05. The summed E-state index contributed by atoms with van der Waals surface area (Å²) in [5, 5.41) is 4.57. The van der Waals surface area contributed by atoms with Crippen molar-refractivity contribution in [3.63, 3.8) is 0 Å². The van der Waals surface area contributed by atoms with Crippen LogP contribution in [0.1, 0.15) is 44.1 Å². The third kappa shape index (κ3) is 4.15. The first-order valence-corrected chi connectivity index (χ1v) is 8.13. The van der Waals surface area contributed by atoms with Gasteiger partial charge in [0.05, 0.1) is 0 Å². The fraction of sp³-hybridized carbons (Fsp3) is 0.471. The summed E-state index contributed by atoms with van der Waals surface area (Å²) in [7, 11) is 0. The molecule has 0 atom stereocenters. The number of rotatable bonds is 6. The van der Waals surface area contributed by atoms with E-state index in [0.717, 1.165) is 18.1 Å². The number of nitrogens with zero attached hydrogens (tertiary/aromatic N) is 1. The summed E-state index contributed by atoms with van der Waals surface area (Å²) < 4.78 is 0. The van der Waals surface area contributed by atoms with E-state index in [4.69, 9.17) is 0 Å². The van der Waals surface area contributed by atoms with Crippen LogP contribution in [0.15, 0.2) is 30.5 Å². The molecule has 0 fully saturated rings. The van der Waals surface area contributed by atoms with Crippen molar-refractivity contribution in [2.45, 2.75) is 40.2 Å². The summed E-state index contributed by atoms with van der Waals surface area (Å²) in [4.78, 5) is 5.84. The fourth-order valence-electron chi connectivity index (χ4n) is 2.02. The number of benzene rings is 1. The largest absolute Gasteiger partial charge is 0.312 e. The molecule has 1 heterocycles. The molecule has 2 aromatic rings. The van der Waals surface area contributed by atoms with Gasteiger partial charge in [0.25, 0.3) is 0 Å². The Kier molecular flexibility index (Phi) is 5.32. The summed E-state index contributed by atoms with van der Waals surface area (Å²) in [5.41, 5.74) is 2.60. The van der Waals surface area contributed by atoms with Crippen LogP contribution >= 0.6 is 11.3 Å². The van der Waals surface area contributed by atoms with Crippen molar-refractivity contribution in [3.05, 3.63) is 40.9 Å². The molecule has 0 spiro atoms. The van der Waals surface area contributed by atoms with Gasteiger partial charge in [-0.05, 0) is 23.9 Å². The first-order valence-electron chi connectivity index (χ1n) is 7.32. The standard InChI is InChI=1S/C17H24N2S/c1-12(2)9-18-10-16-11-19-17(20-16)15-7-5-14(6-8-15)13(3)4/h5-8,11-13,18H,9-10H2,1-4H3. The number of hydrogen-bond acceptors (Lipinski definition) is 3. The summed E-state index contributed by atoms with van der Waals surface area (Å²) in [6.45, 7) is 10.9. The normalized spacial score (nSPS) is 11.5. The number of aromatic nitrogens is 1. The first kappa shape index (κ1) is 15.2. The average Bonchev–Trinajstić information content (AvgIpc) is 2.87. The lowest BCUT2D eigenvalue weighted by Crippen LogP contribution is -2.18. The van der Waals surface area contributed by atoms with Gasteiger partial charge < -0.3 is 5.32 Å². The van der Waals surface area contributed by atoms with Crippen LogP contribution in [0.2, 0.25) is 0 Å². The van der Waals surface area contributed by atoms with Gasteiger partial charge in [0.2, 0.25) is 0 Å². The summed E-state index contributed by atoms with van der Waals surface area (Å²) >= 11 is 1.78. The second-order valence-electron chi connectivity index (χ2n) is 5.93. The Morgan fingerprint density at radius 3 is 2.40 bits per heavy atom. The van der Waals surface area contributed by atoms with Crippen molar-refractivity contribution in [2.75, 3.05) is 6.54 Å². The molecule has 0 bridgehead atoms.